The Labute approximate surface area is 115 Å². The molecule has 0 spiro atoms. The molecule has 1 unspecified atom stereocenters. The highest BCUT2D eigenvalue weighted by molar-refractivity contribution is 14.1. The highest BCUT2D eigenvalue weighted by Gasteiger charge is 2.13. The van der Waals surface area contributed by atoms with Gasteiger partial charge in [-0.1, -0.05) is 13.8 Å². The number of carbonyl (C=O) groups is 1. The van der Waals surface area contributed by atoms with Crippen molar-refractivity contribution in [1.82, 2.24) is 5.32 Å². The third-order valence-corrected chi connectivity index (χ3v) is 3.27. The summed E-state index contributed by atoms with van der Waals surface area (Å²) in [7, 11) is 0. The zero-order chi connectivity index (χ0) is 13.0. The summed E-state index contributed by atoms with van der Waals surface area (Å²) in [6, 6.07) is 4.32. The molecule has 0 fully saturated rings. The predicted octanol–water partition coefficient (Wildman–Crippen LogP) is 3.59. The maximum Gasteiger partial charge on any atom is 0.252 e. The Balaban J connectivity index is 2.70. The number of benzene rings is 1. The molecular formula is C13H17FINO. The largest absolute Gasteiger partial charge is 0.350 e. The van der Waals surface area contributed by atoms with Crippen molar-refractivity contribution in [2.75, 3.05) is 0 Å². The maximum absolute atomic E-state index is 12.9. The lowest BCUT2D eigenvalue weighted by atomic mass is 10.0. The van der Waals surface area contributed by atoms with E-state index in [1.54, 1.807) is 0 Å². The van der Waals surface area contributed by atoms with Crippen LogP contribution < -0.4 is 5.32 Å². The Morgan fingerprint density at radius 2 is 2.06 bits per heavy atom. The third-order valence-electron chi connectivity index (χ3n) is 2.38. The molecule has 0 aliphatic heterocycles. The molecular weight excluding hydrogens is 332 g/mol. The first-order chi connectivity index (χ1) is 7.90. The van der Waals surface area contributed by atoms with Crippen molar-refractivity contribution < 1.29 is 9.18 Å². The van der Waals surface area contributed by atoms with E-state index in [9.17, 15) is 9.18 Å². The van der Waals surface area contributed by atoms with Crippen molar-refractivity contribution in [2.45, 2.75) is 33.2 Å². The van der Waals surface area contributed by atoms with Gasteiger partial charge in [0.25, 0.3) is 5.91 Å². The van der Waals surface area contributed by atoms with Gasteiger partial charge in [-0.25, -0.2) is 4.39 Å². The first-order valence-electron chi connectivity index (χ1n) is 5.66. The van der Waals surface area contributed by atoms with Crippen molar-refractivity contribution >= 4 is 28.5 Å². The first kappa shape index (κ1) is 14.4. The van der Waals surface area contributed by atoms with Crippen LogP contribution in [0.25, 0.3) is 0 Å². The van der Waals surface area contributed by atoms with Gasteiger partial charge in [0.2, 0.25) is 0 Å². The molecule has 0 bridgehead atoms. The van der Waals surface area contributed by atoms with Gasteiger partial charge in [0.15, 0.2) is 0 Å². The Bertz CT molecular complexity index is 406. The molecule has 0 heterocycles. The molecule has 0 aliphatic carbocycles. The van der Waals surface area contributed by atoms with Crippen LogP contribution in [0.3, 0.4) is 0 Å². The van der Waals surface area contributed by atoms with Crippen LogP contribution in [0.1, 0.15) is 37.6 Å². The summed E-state index contributed by atoms with van der Waals surface area (Å²) in [6.07, 6.45) is 0.934. The number of carbonyl (C=O) groups excluding carboxylic acids is 1. The summed E-state index contributed by atoms with van der Waals surface area (Å²) >= 11 is 1.97. The fraction of sp³-hybridized carbons (Fsp3) is 0.462. The minimum absolute atomic E-state index is 0.128. The quantitative estimate of drug-likeness (QED) is 0.827. The van der Waals surface area contributed by atoms with Crippen LogP contribution in [-0.2, 0) is 0 Å². The minimum Gasteiger partial charge on any atom is -0.350 e. The van der Waals surface area contributed by atoms with E-state index in [1.807, 2.05) is 29.5 Å². The lowest BCUT2D eigenvalue weighted by Crippen LogP contribution is -2.33. The summed E-state index contributed by atoms with van der Waals surface area (Å²) < 4.78 is 13.5. The van der Waals surface area contributed by atoms with Crippen LogP contribution in [0.5, 0.6) is 0 Å². The Morgan fingerprint density at radius 1 is 1.41 bits per heavy atom. The van der Waals surface area contributed by atoms with Crippen molar-refractivity contribution in [3.63, 3.8) is 0 Å². The second-order valence-corrected chi connectivity index (χ2v) is 5.79. The lowest BCUT2D eigenvalue weighted by molar-refractivity contribution is 0.0935. The van der Waals surface area contributed by atoms with Gasteiger partial charge >= 0.3 is 0 Å². The normalized spacial score (nSPS) is 12.6. The fourth-order valence-corrected chi connectivity index (χ4v) is 2.46. The standard InChI is InChI=1S/C13H17FINO/c1-8(2)6-9(3)16-13(17)11-5-4-10(14)7-12(11)15/h4-5,7-9H,6H2,1-3H3,(H,16,17). The van der Waals surface area contributed by atoms with Crippen molar-refractivity contribution in [3.8, 4) is 0 Å². The van der Waals surface area contributed by atoms with Gasteiger partial charge in [-0.2, -0.15) is 0 Å². The number of amides is 1. The van der Waals surface area contributed by atoms with Crippen molar-refractivity contribution in [2.24, 2.45) is 5.92 Å². The minimum atomic E-state index is -0.318. The van der Waals surface area contributed by atoms with Gasteiger partial charge in [0, 0.05) is 9.61 Å². The van der Waals surface area contributed by atoms with Crippen LogP contribution in [0.2, 0.25) is 0 Å². The molecule has 0 saturated heterocycles. The van der Waals surface area contributed by atoms with E-state index in [0.717, 1.165) is 6.42 Å². The molecule has 1 rings (SSSR count). The molecule has 1 N–H and O–H groups in total. The monoisotopic (exact) mass is 349 g/mol. The van der Waals surface area contributed by atoms with Crippen LogP contribution in [0, 0.1) is 15.3 Å². The van der Waals surface area contributed by atoms with E-state index < -0.39 is 0 Å². The van der Waals surface area contributed by atoms with E-state index in [-0.39, 0.29) is 17.8 Å². The fourth-order valence-electron chi connectivity index (χ4n) is 1.74. The van der Waals surface area contributed by atoms with Crippen LogP contribution in [0.15, 0.2) is 18.2 Å². The van der Waals surface area contributed by atoms with Gasteiger partial charge in [-0.15, -0.1) is 0 Å². The molecule has 1 atom stereocenters. The van der Waals surface area contributed by atoms with Crippen LogP contribution in [0.4, 0.5) is 4.39 Å². The molecule has 17 heavy (non-hydrogen) atoms. The molecule has 0 radical (unpaired) electrons. The number of hydrogen-bond donors (Lipinski definition) is 1. The molecule has 1 aromatic rings. The predicted molar refractivity (Wildman–Crippen MR) is 75.5 cm³/mol. The number of halogens is 2. The smallest absolute Gasteiger partial charge is 0.252 e. The van der Waals surface area contributed by atoms with Gasteiger partial charge in [0.05, 0.1) is 5.56 Å². The molecule has 4 heteroatoms. The molecule has 0 aromatic heterocycles. The summed E-state index contributed by atoms with van der Waals surface area (Å²) in [5.41, 5.74) is 0.530. The summed E-state index contributed by atoms with van der Waals surface area (Å²) in [5.74, 6) is 0.0846. The van der Waals surface area contributed by atoms with Crippen LogP contribution in [-0.4, -0.2) is 11.9 Å². The number of hydrogen-bond acceptors (Lipinski definition) is 1. The topological polar surface area (TPSA) is 29.1 Å². The van der Waals surface area contributed by atoms with E-state index in [1.165, 1.54) is 18.2 Å². The zero-order valence-corrected chi connectivity index (χ0v) is 12.4. The number of rotatable bonds is 4. The van der Waals surface area contributed by atoms with E-state index in [2.05, 4.69) is 19.2 Å². The van der Waals surface area contributed by atoms with Gasteiger partial charge in [-0.05, 0) is 60.1 Å². The van der Waals surface area contributed by atoms with Crippen molar-refractivity contribution in [3.05, 3.63) is 33.1 Å². The third kappa shape index (κ3) is 4.61. The van der Waals surface area contributed by atoms with Crippen molar-refractivity contribution in [1.29, 1.82) is 0 Å². The molecule has 0 aliphatic rings. The molecule has 1 aromatic carbocycles. The summed E-state index contributed by atoms with van der Waals surface area (Å²) in [6.45, 7) is 6.21. The van der Waals surface area contributed by atoms with E-state index in [4.69, 9.17) is 0 Å². The van der Waals surface area contributed by atoms with Crippen LogP contribution >= 0.6 is 22.6 Å². The SMILES string of the molecule is CC(C)CC(C)NC(=O)c1ccc(F)cc1I. The van der Waals surface area contributed by atoms with E-state index in [0.29, 0.717) is 15.1 Å². The second kappa shape index (κ2) is 6.33. The summed E-state index contributed by atoms with van der Waals surface area (Å²) in [5, 5.41) is 2.92. The molecule has 2 nitrogen and oxygen atoms in total. The second-order valence-electron chi connectivity index (χ2n) is 4.63. The van der Waals surface area contributed by atoms with Gasteiger partial charge in [-0.3, -0.25) is 4.79 Å². The zero-order valence-electron chi connectivity index (χ0n) is 10.3. The highest BCUT2D eigenvalue weighted by atomic mass is 127. The molecule has 1 amide bonds. The Kier molecular flexibility index (Phi) is 5.36. The Hall–Kier alpha value is -0.650. The number of nitrogens with one attached hydrogen (secondary N) is 1. The van der Waals surface area contributed by atoms with Gasteiger partial charge in [0.1, 0.15) is 5.82 Å². The Morgan fingerprint density at radius 3 is 2.59 bits per heavy atom. The first-order valence-corrected chi connectivity index (χ1v) is 6.74. The maximum atomic E-state index is 12.9. The van der Waals surface area contributed by atoms with E-state index >= 15 is 0 Å². The summed E-state index contributed by atoms with van der Waals surface area (Å²) in [4.78, 5) is 11.9. The molecule has 0 saturated carbocycles. The van der Waals surface area contributed by atoms with Gasteiger partial charge < -0.3 is 5.32 Å². The highest BCUT2D eigenvalue weighted by Crippen LogP contribution is 2.14. The average Bonchev–Trinajstić information content (AvgIpc) is 2.15. The average molecular weight is 349 g/mol. The molecule has 94 valence electrons. The lowest BCUT2D eigenvalue weighted by Gasteiger charge is -2.16.